The molecule has 4 nitrogen and oxygen atoms in total. The number of halogens is 1. The van der Waals surface area contributed by atoms with Gasteiger partial charge in [0.15, 0.2) is 0 Å². The predicted octanol–water partition coefficient (Wildman–Crippen LogP) is 2.57. The highest BCUT2D eigenvalue weighted by Gasteiger charge is 2.17. The molecule has 0 aliphatic carbocycles. The van der Waals surface area contributed by atoms with E-state index in [0.29, 0.717) is 25.8 Å². The highest BCUT2D eigenvalue weighted by atomic mass is 19.1. The fraction of sp³-hybridized carbons (Fsp3) is 0.222. The van der Waals surface area contributed by atoms with Crippen molar-refractivity contribution in [1.82, 2.24) is 5.32 Å². The van der Waals surface area contributed by atoms with Gasteiger partial charge in [-0.3, -0.25) is 9.59 Å². The van der Waals surface area contributed by atoms with Gasteiger partial charge in [-0.2, -0.15) is 0 Å². The molecule has 0 spiro atoms. The van der Waals surface area contributed by atoms with E-state index < -0.39 is 0 Å². The van der Waals surface area contributed by atoms with Gasteiger partial charge in [0, 0.05) is 18.7 Å². The first kappa shape index (κ1) is 15.2. The molecule has 2 aromatic rings. The smallest absolute Gasteiger partial charge is 0.228 e. The highest BCUT2D eigenvalue weighted by Crippen LogP contribution is 2.23. The second-order valence-electron chi connectivity index (χ2n) is 5.62. The molecular formula is C18H17FN2O2. The van der Waals surface area contributed by atoms with Crippen molar-refractivity contribution >= 4 is 17.5 Å². The van der Waals surface area contributed by atoms with Gasteiger partial charge < -0.3 is 10.6 Å². The molecule has 1 aliphatic rings. The van der Waals surface area contributed by atoms with Crippen LogP contribution in [0.3, 0.4) is 0 Å². The van der Waals surface area contributed by atoms with Crippen molar-refractivity contribution in [3.05, 3.63) is 65.0 Å². The third-order valence-electron chi connectivity index (χ3n) is 3.81. The molecule has 0 saturated carbocycles. The van der Waals surface area contributed by atoms with Crippen molar-refractivity contribution in [2.45, 2.75) is 25.8 Å². The van der Waals surface area contributed by atoms with Gasteiger partial charge in [0.25, 0.3) is 0 Å². The third-order valence-corrected chi connectivity index (χ3v) is 3.81. The van der Waals surface area contributed by atoms with Crippen LogP contribution < -0.4 is 10.6 Å². The van der Waals surface area contributed by atoms with Crippen molar-refractivity contribution in [3.8, 4) is 0 Å². The summed E-state index contributed by atoms with van der Waals surface area (Å²) in [5.41, 5.74) is 3.57. The van der Waals surface area contributed by atoms with E-state index in [1.807, 2.05) is 18.2 Å². The summed E-state index contributed by atoms with van der Waals surface area (Å²) < 4.78 is 13.1. The molecule has 2 N–H and O–H groups in total. The van der Waals surface area contributed by atoms with E-state index in [1.54, 1.807) is 12.1 Å². The van der Waals surface area contributed by atoms with Gasteiger partial charge in [-0.05, 0) is 41.3 Å². The van der Waals surface area contributed by atoms with Gasteiger partial charge in [0.2, 0.25) is 11.8 Å². The van der Waals surface area contributed by atoms with Gasteiger partial charge in [0.1, 0.15) is 5.82 Å². The maximum absolute atomic E-state index is 13.1. The predicted molar refractivity (Wildman–Crippen MR) is 85.3 cm³/mol. The summed E-state index contributed by atoms with van der Waals surface area (Å²) in [6, 6.07) is 11.9. The Morgan fingerprint density at radius 2 is 2.04 bits per heavy atom. The minimum absolute atomic E-state index is 0.00345. The van der Waals surface area contributed by atoms with E-state index >= 15 is 0 Å². The van der Waals surface area contributed by atoms with Crippen LogP contribution in [0.15, 0.2) is 42.5 Å². The highest BCUT2D eigenvalue weighted by molar-refractivity contribution is 5.99. The Bertz CT molecular complexity index is 758. The molecule has 23 heavy (non-hydrogen) atoms. The second-order valence-corrected chi connectivity index (χ2v) is 5.62. The number of anilines is 1. The second kappa shape index (κ2) is 6.60. The van der Waals surface area contributed by atoms with Crippen LogP contribution in [0.2, 0.25) is 0 Å². The number of benzene rings is 2. The molecule has 2 aromatic carbocycles. The topological polar surface area (TPSA) is 58.2 Å². The largest absolute Gasteiger partial charge is 0.352 e. The summed E-state index contributed by atoms with van der Waals surface area (Å²) in [4.78, 5) is 23.2. The van der Waals surface area contributed by atoms with Crippen LogP contribution in [0.5, 0.6) is 0 Å². The monoisotopic (exact) mass is 312 g/mol. The fourth-order valence-electron chi connectivity index (χ4n) is 2.63. The van der Waals surface area contributed by atoms with E-state index in [2.05, 4.69) is 10.6 Å². The summed E-state index contributed by atoms with van der Waals surface area (Å²) in [7, 11) is 0. The summed E-state index contributed by atoms with van der Waals surface area (Å²) >= 11 is 0. The lowest BCUT2D eigenvalue weighted by molar-refractivity contribution is -0.121. The van der Waals surface area contributed by atoms with E-state index in [-0.39, 0.29) is 17.6 Å². The van der Waals surface area contributed by atoms with E-state index in [0.717, 1.165) is 22.4 Å². The third kappa shape index (κ3) is 3.94. The van der Waals surface area contributed by atoms with Crippen molar-refractivity contribution in [1.29, 1.82) is 0 Å². The number of fused-ring (bicyclic) bond motifs is 1. The molecule has 2 amide bonds. The Kier molecular flexibility index (Phi) is 4.37. The number of carbonyl (C=O) groups is 2. The molecule has 1 aliphatic heterocycles. The number of hydrogen-bond donors (Lipinski definition) is 2. The van der Waals surface area contributed by atoms with Crippen molar-refractivity contribution < 1.29 is 14.0 Å². The zero-order valence-electron chi connectivity index (χ0n) is 12.6. The first-order valence-corrected chi connectivity index (χ1v) is 7.53. The van der Waals surface area contributed by atoms with Gasteiger partial charge in [-0.25, -0.2) is 4.39 Å². The van der Waals surface area contributed by atoms with Crippen LogP contribution in [0, 0.1) is 5.82 Å². The Morgan fingerprint density at radius 3 is 2.87 bits per heavy atom. The molecule has 0 saturated heterocycles. The Morgan fingerprint density at radius 1 is 1.17 bits per heavy atom. The Hall–Kier alpha value is -2.69. The van der Waals surface area contributed by atoms with Gasteiger partial charge in [0.05, 0.1) is 6.42 Å². The molecule has 1 heterocycles. The zero-order chi connectivity index (χ0) is 16.2. The molecular weight excluding hydrogens is 295 g/mol. The average Bonchev–Trinajstić information content (AvgIpc) is 2.90. The number of hydrogen-bond acceptors (Lipinski definition) is 2. The van der Waals surface area contributed by atoms with Crippen LogP contribution in [0.25, 0.3) is 0 Å². The maximum atomic E-state index is 13.1. The van der Waals surface area contributed by atoms with Crippen molar-refractivity contribution in [2.24, 2.45) is 0 Å². The molecule has 0 unspecified atom stereocenters. The zero-order valence-corrected chi connectivity index (χ0v) is 12.6. The molecule has 0 aromatic heterocycles. The molecule has 3 rings (SSSR count). The molecule has 0 fully saturated rings. The lowest BCUT2D eigenvalue weighted by atomic mass is 10.1. The van der Waals surface area contributed by atoms with Gasteiger partial charge in [-0.1, -0.05) is 24.3 Å². The Balaban J connectivity index is 1.49. The van der Waals surface area contributed by atoms with Crippen LogP contribution in [-0.2, 0) is 29.0 Å². The van der Waals surface area contributed by atoms with Crippen LogP contribution in [0.1, 0.15) is 23.1 Å². The van der Waals surface area contributed by atoms with Crippen molar-refractivity contribution in [3.63, 3.8) is 0 Å². The number of aryl methyl sites for hydroxylation is 1. The number of rotatable bonds is 5. The minimum atomic E-state index is -0.288. The summed E-state index contributed by atoms with van der Waals surface area (Å²) in [5.74, 6) is -0.371. The lowest BCUT2D eigenvalue weighted by Gasteiger charge is -2.07. The SMILES string of the molecule is O=C(CCc1cccc(F)c1)NCc1ccc2c(c1)CC(=O)N2. The van der Waals surface area contributed by atoms with Crippen LogP contribution >= 0.6 is 0 Å². The number of nitrogens with one attached hydrogen (secondary N) is 2. The van der Waals surface area contributed by atoms with Crippen LogP contribution in [-0.4, -0.2) is 11.8 Å². The summed E-state index contributed by atoms with van der Waals surface area (Å²) in [5, 5.41) is 5.62. The minimum Gasteiger partial charge on any atom is -0.352 e. The first-order chi connectivity index (χ1) is 11.1. The Labute approximate surface area is 133 Å². The fourth-order valence-corrected chi connectivity index (χ4v) is 2.63. The quantitative estimate of drug-likeness (QED) is 0.891. The number of amides is 2. The van der Waals surface area contributed by atoms with Gasteiger partial charge in [-0.15, -0.1) is 0 Å². The molecule has 0 radical (unpaired) electrons. The molecule has 118 valence electrons. The standard InChI is InChI=1S/C18H17FN2O2/c19-15-3-1-2-12(9-15)5-7-17(22)20-11-13-4-6-16-14(8-13)10-18(23)21-16/h1-4,6,8-9H,5,7,10-11H2,(H,20,22)(H,21,23). The number of carbonyl (C=O) groups excluding carboxylic acids is 2. The van der Waals surface area contributed by atoms with E-state index in [1.165, 1.54) is 12.1 Å². The molecule has 0 bridgehead atoms. The first-order valence-electron chi connectivity index (χ1n) is 7.53. The van der Waals surface area contributed by atoms with Crippen molar-refractivity contribution in [2.75, 3.05) is 5.32 Å². The van der Waals surface area contributed by atoms with E-state index in [9.17, 15) is 14.0 Å². The normalized spacial score (nSPS) is 12.7. The molecule has 5 heteroatoms. The molecule has 0 atom stereocenters. The summed E-state index contributed by atoms with van der Waals surface area (Å²) in [6.45, 7) is 0.420. The van der Waals surface area contributed by atoms with Crippen LogP contribution in [0.4, 0.5) is 10.1 Å². The lowest BCUT2D eigenvalue weighted by Crippen LogP contribution is -2.23. The van der Waals surface area contributed by atoms with E-state index in [4.69, 9.17) is 0 Å². The average molecular weight is 312 g/mol. The summed E-state index contributed by atoms with van der Waals surface area (Å²) in [6.07, 6.45) is 1.21. The maximum Gasteiger partial charge on any atom is 0.228 e. The van der Waals surface area contributed by atoms with Gasteiger partial charge >= 0.3 is 0 Å².